The van der Waals surface area contributed by atoms with E-state index < -0.39 is 0 Å². The van der Waals surface area contributed by atoms with Crippen LogP contribution in [-0.4, -0.2) is 64.8 Å². The number of rotatable bonds is 5. The number of hydrogen-bond acceptors (Lipinski definition) is 6. The number of piperidine rings is 1. The molecule has 188 valence electrons. The molecule has 0 unspecified atom stereocenters. The number of fused-ring (bicyclic) bond motifs is 1. The molecule has 2 aromatic heterocycles. The van der Waals surface area contributed by atoms with Gasteiger partial charge in [0.25, 0.3) is 0 Å². The summed E-state index contributed by atoms with van der Waals surface area (Å²) in [5.41, 5.74) is 5.77. The Labute approximate surface area is 211 Å². The number of carbonyl (C=O) groups excluding carboxylic acids is 1. The van der Waals surface area contributed by atoms with Crippen molar-refractivity contribution >= 4 is 23.0 Å². The minimum atomic E-state index is -0.167. The van der Waals surface area contributed by atoms with Gasteiger partial charge in [0.05, 0.1) is 5.56 Å². The zero-order chi connectivity index (χ0) is 25.5. The van der Waals surface area contributed by atoms with Crippen LogP contribution in [0.4, 0.5) is 0 Å². The Morgan fingerprint density at radius 3 is 2.69 bits per heavy atom. The lowest BCUT2D eigenvalue weighted by Crippen LogP contribution is -2.37. The van der Waals surface area contributed by atoms with Gasteiger partial charge in [-0.1, -0.05) is 12.1 Å². The van der Waals surface area contributed by atoms with Crippen LogP contribution in [0.15, 0.2) is 42.7 Å². The van der Waals surface area contributed by atoms with Crippen LogP contribution in [0.2, 0.25) is 0 Å². The molecule has 1 aromatic carbocycles. The monoisotopic (exact) mass is 487 g/mol. The topological polar surface area (TPSA) is 114 Å². The number of likely N-dealkylation sites (tertiary alicyclic amines) is 1. The molecule has 0 radical (unpaired) electrons. The molecule has 3 N–H and O–H groups in total. The van der Waals surface area contributed by atoms with Crippen molar-refractivity contribution in [2.24, 2.45) is 0 Å². The van der Waals surface area contributed by atoms with Crippen molar-refractivity contribution in [3.05, 3.63) is 53.9 Å². The number of amides is 1. The fourth-order valence-electron chi connectivity index (χ4n) is 4.47. The maximum atomic E-state index is 10.9. The summed E-state index contributed by atoms with van der Waals surface area (Å²) in [6.45, 7) is 6.68. The standard InChI is InChI=1S/C25H25N5O2.C3H8O/c26-13-19-11-18(1-2-24(19)32-21-5-9-30(16-31)10-6-21)23-15-29-25-22(23)12-20(14-28-25)17-3-7-27-8-4-17;1-3(2)4/h1-3,11-12,14-16,21,27H,4-10H2,(H,28,29);3-4H,1-2H3. The highest BCUT2D eigenvalue weighted by molar-refractivity contribution is 5.95. The average Bonchev–Trinajstić information content (AvgIpc) is 3.33. The number of pyridine rings is 1. The third-order valence-corrected chi connectivity index (χ3v) is 6.30. The van der Waals surface area contributed by atoms with Crippen LogP contribution in [0, 0.1) is 11.3 Å². The van der Waals surface area contributed by atoms with Gasteiger partial charge in [-0.25, -0.2) is 4.98 Å². The van der Waals surface area contributed by atoms with Crippen LogP contribution in [0.1, 0.15) is 44.2 Å². The van der Waals surface area contributed by atoms with Gasteiger partial charge in [0.1, 0.15) is 23.6 Å². The molecule has 8 nitrogen and oxygen atoms in total. The number of aromatic amines is 1. The summed E-state index contributed by atoms with van der Waals surface area (Å²) in [6, 6.07) is 10.2. The van der Waals surface area contributed by atoms with Gasteiger partial charge in [0, 0.05) is 61.9 Å². The van der Waals surface area contributed by atoms with Crippen LogP contribution >= 0.6 is 0 Å². The predicted molar refractivity (Wildman–Crippen MR) is 140 cm³/mol. The first-order chi connectivity index (χ1) is 17.5. The summed E-state index contributed by atoms with van der Waals surface area (Å²) in [5.74, 6) is 0.597. The second-order valence-electron chi connectivity index (χ2n) is 9.38. The number of aliphatic hydroxyl groups is 1. The number of ether oxygens (including phenoxy) is 1. The summed E-state index contributed by atoms with van der Waals surface area (Å²) in [7, 11) is 0. The van der Waals surface area contributed by atoms with Gasteiger partial charge < -0.3 is 25.0 Å². The van der Waals surface area contributed by atoms with Crippen LogP contribution in [0.5, 0.6) is 5.75 Å². The quantitative estimate of drug-likeness (QED) is 0.471. The number of benzene rings is 1. The Morgan fingerprint density at radius 1 is 1.25 bits per heavy atom. The van der Waals surface area contributed by atoms with E-state index in [9.17, 15) is 10.1 Å². The van der Waals surface area contributed by atoms with Crippen LogP contribution in [0.3, 0.4) is 0 Å². The molecule has 2 aliphatic heterocycles. The van der Waals surface area contributed by atoms with E-state index in [-0.39, 0.29) is 12.2 Å². The molecule has 0 saturated carbocycles. The van der Waals surface area contributed by atoms with Gasteiger partial charge in [0.2, 0.25) is 6.41 Å². The Balaban J connectivity index is 0.000000709. The average molecular weight is 488 g/mol. The number of aliphatic hydroxyl groups excluding tert-OH is 1. The lowest BCUT2D eigenvalue weighted by Gasteiger charge is -2.29. The first kappa shape index (κ1) is 25.4. The number of aromatic nitrogens is 2. The van der Waals surface area contributed by atoms with E-state index in [0.717, 1.165) is 66.5 Å². The number of carbonyl (C=O) groups is 1. The minimum Gasteiger partial charge on any atom is -0.489 e. The van der Waals surface area contributed by atoms with Crippen molar-refractivity contribution in [1.82, 2.24) is 20.2 Å². The van der Waals surface area contributed by atoms with Gasteiger partial charge in [0.15, 0.2) is 0 Å². The summed E-state index contributed by atoms with van der Waals surface area (Å²) in [4.78, 5) is 20.5. The van der Waals surface area contributed by atoms with Gasteiger partial charge in [-0.05, 0) is 61.7 Å². The fourth-order valence-corrected chi connectivity index (χ4v) is 4.47. The molecular weight excluding hydrogens is 454 g/mol. The molecule has 36 heavy (non-hydrogen) atoms. The van der Waals surface area contributed by atoms with Crippen LogP contribution in [-0.2, 0) is 4.79 Å². The highest BCUT2D eigenvalue weighted by Gasteiger charge is 2.21. The number of nitrogens with zero attached hydrogens (tertiary/aromatic N) is 3. The molecule has 1 saturated heterocycles. The minimum absolute atomic E-state index is 0.0160. The van der Waals surface area contributed by atoms with Gasteiger partial charge in [-0.15, -0.1) is 0 Å². The van der Waals surface area contributed by atoms with Crippen molar-refractivity contribution in [3.63, 3.8) is 0 Å². The van der Waals surface area contributed by atoms with E-state index in [2.05, 4.69) is 33.5 Å². The maximum Gasteiger partial charge on any atom is 0.209 e. The SMILES string of the molecule is CC(C)O.N#Cc1cc(-c2c[nH]c3ncc(C4=CCNCC4)cc23)ccc1OC1CCN(C=O)CC1. The summed E-state index contributed by atoms with van der Waals surface area (Å²) in [6.07, 6.45) is 9.36. The van der Waals surface area contributed by atoms with Gasteiger partial charge >= 0.3 is 0 Å². The zero-order valence-electron chi connectivity index (χ0n) is 20.8. The second kappa shape index (κ2) is 11.8. The molecular formula is C28H33N5O3. The molecule has 8 heteroatoms. The van der Waals surface area contributed by atoms with Crippen LogP contribution < -0.4 is 10.1 Å². The number of nitriles is 1. The molecule has 1 amide bonds. The lowest BCUT2D eigenvalue weighted by atomic mass is 9.98. The van der Waals surface area contributed by atoms with Crippen molar-refractivity contribution < 1.29 is 14.6 Å². The summed E-state index contributed by atoms with van der Waals surface area (Å²) in [5, 5.41) is 22.2. The van der Waals surface area contributed by atoms with E-state index in [4.69, 9.17) is 9.84 Å². The smallest absolute Gasteiger partial charge is 0.209 e. The van der Waals surface area contributed by atoms with Crippen LogP contribution in [0.25, 0.3) is 27.7 Å². The van der Waals surface area contributed by atoms with E-state index in [1.165, 1.54) is 5.57 Å². The van der Waals surface area contributed by atoms with E-state index >= 15 is 0 Å². The van der Waals surface area contributed by atoms with Crippen molar-refractivity contribution in [2.45, 2.75) is 45.3 Å². The zero-order valence-corrected chi connectivity index (χ0v) is 20.8. The Kier molecular flexibility index (Phi) is 8.36. The van der Waals surface area contributed by atoms with E-state index in [1.54, 1.807) is 18.7 Å². The summed E-state index contributed by atoms with van der Waals surface area (Å²) < 4.78 is 6.13. The van der Waals surface area contributed by atoms with E-state index in [0.29, 0.717) is 24.4 Å². The third-order valence-electron chi connectivity index (χ3n) is 6.30. The van der Waals surface area contributed by atoms with Crippen molar-refractivity contribution in [1.29, 1.82) is 5.26 Å². The maximum absolute atomic E-state index is 10.9. The molecule has 0 spiro atoms. The molecule has 0 bridgehead atoms. The molecule has 0 atom stereocenters. The Bertz CT molecular complexity index is 1260. The third kappa shape index (κ3) is 6.11. The first-order valence-corrected chi connectivity index (χ1v) is 12.4. The van der Waals surface area contributed by atoms with Crippen molar-refractivity contribution in [3.8, 4) is 22.9 Å². The first-order valence-electron chi connectivity index (χ1n) is 12.4. The Morgan fingerprint density at radius 2 is 2.03 bits per heavy atom. The normalized spacial score (nSPS) is 16.2. The molecule has 3 aromatic rings. The number of hydrogen-bond donors (Lipinski definition) is 3. The molecule has 2 aliphatic rings. The molecule has 4 heterocycles. The molecule has 0 aliphatic carbocycles. The molecule has 1 fully saturated rings. The van der Waals surface area contributed by atoms with Gasteiger partial charge in [-0.2, -0.15) is 5.26 Å². The second-order valence-corrected chi connectivity index (χ2v) is 9.38. The Hall–Kier alpha value is -3.67. The predicted octanol–water partition coefficient (Wildman–Crippen LogP) is 3.86. The number of nitrogens with one attached hydrogen (secondary N) is 2. The summed E-state index contributed by atoms with van der Waals surface area (Å²) >= 11 is 0. The lowest BCUT2D eigenvalue weighted by molar-refractivity contribution is -0.119. The van der Waals surface area contributed by atoms with Crippen molar-refractivity contribution in [2.75, 3.05) is 26.2 Å². The fraction of sp³-hybridized carbons (Fsp3) is 0.393. The van der Waals surface area contributed by atoms with E-state index in [1.807, 2.05) is 30.6 Å². The molecule has 5 rings (SSSR count). The largest absolute Gasteiger partial charge is 0.489 e. The van der Waals surface area contributed by atoms with Gasteiger partial charge in [-0.3, -0.25) is 4.79 Å². The highest BCUT2D eigenvalue weighted by atomic mass is 16.5. The number of H-pyrrole nitrogens is 1. The highest BCUT2D eigenvalue weighted by Crippen LogP contribution is 2.33.